The van der Waals surface area contributed by atoms with Crippen molar-refractivity contribution in [2.45, 2.75) is 45.4 Å². The van der Waals surface area contributed by atoms with E-state index in [-0.39, 0.29) is 11.3 Å². The first-order valence-electron chi connectivity index (χ1n) is 4.86. The van der Waals surface area contributed by atoms with Gasteiger partial charge >= 0.3 is 0 Å². The number of sulfonamides is 1. The van der Waals surface area contributed by atoms with E-state index in [4.69, 9.17) is 0 Å². The van der Waals surface area contributed by atoms with Gasteiger partial charge < -0.3 is 0 Å². The molecule has 13 heavy (non-hydrogen) atoms. The van der Waals surface area contributed by atoms with Gasteiger partial charge in [-0.05, 0) is 33.1 Å². The zero-order valence-corrected chi connectivity index (χ0v) is 9.63. The Kier molecular flexibility index (Phi) is 3.02. The molecule has 0 bridgehead atoms. The molecule has 0 aromatic carbocycles. The van der Waals surface area contributed by atoms with Crippen LogP contribution in [0.3, 0.4) is 0 Å². The van der Waals surface area contributed by atoms with Crippen LogP contribution in [0.1, 0.15) is 34.1 Å². The van der Waals surface area contributed by atoms with Crippen LogP contribution in [-0.4, -0.2) is 30.6 Å². The van der Waals surface area contributed by atoms with E-state index in [1.165, 1.54) is 0 Å². The third kappa shape index (κ3) is 2.05. The standard InChI is InChI=1S/C9H19NO2S/c1-7(2)13(11,12)10-6-8(3)5-9(10)4/h7-9H,5-6H2,1-4H3. The monoisotopic (exact) mass is 205 g/mol. The third-order valence-corrected chi connectivity index (χ3v) is 5.00. The van der Waals surface area contributed by atoms with E-state index >= 15 is 0 Å². The summed E-state index contributed by atoms with van der Waals surface area (Å²) in [5.41, 5.74) is 0. The van der Waals surface area contributed by atoms with Crippen molar-refractivity contribution in [2.24, 2.45) is 5.92 Å². The first-order valence-corrected chi connectivity index (χ1v) is 6.36. The lowest BCUT2D eigenvalue weighted by Gasteiger charge is -2.23. The van der Waals surface area contributed by atoms with Crippen molar-refractivity contribution in [3.8, 4) is 0 Å². The SMILES string of the molecule is CC1CC(C)N(S(=O)(=O)C(C)C)C1. The Balaban J connectivity index is 2.84. The quantitative estimate of drug-likeness (QED) is 0.684. The first kappa shape index (κ1) is 11.0. The highest BCUT2D eigenvalue weighted by atomic mass is 32.2. The van der Waals surface area contributed by atoms with Gasteiger partial charge in [0.1, 0.15) is 0 Å². The highest BCUT2D eigenvalue weighted by Crippen LogP contribution is 2.26. The van der Waals surface area contributed by atoms with Crippen molar-refractivity contribution in [1.82, 2.24) is 4.31 Å². The number of nitrogens with zero attached hydrogens (tertiary/aromatic N) is 1. The average Bonchev–Trinajstić information content (AvgIpc) is 2.30. The fourth-order valence-corrected chi connectivity index (χ4v) is 3.48. The van der Waals surface area contributed by atoms with Crippen LogP contribution < -0.4 is 0 Å². The molecule has 0 aliphatic carbocycles. The second-order valence-electron chi connectivity index (χ2n) is 4.35. The van der Waals surface area contributed by atoms with Crippen molar-refractivity contribution in [3.63, 3.8) is 0 Å². The van der Waals surface area contributed by atoms with Crippen LogP contribution in [0.2, 0.25) is 0 Å². The molecule has 1 fully saturated rings. The Bertz CT molecular complexity index is 271. The Hall–Kier alpha value is -0.0900. The van der Waals surface area contributed by atoms with Crippen molar-refractivity contribution < 1.29 is 8.42 Å². The molecule has 0 aromatic heterocycles. The van der Waals surface area contributed by atoms with Crippen LogP contribution in [0.5, 0.6) is 0 Å². The smallest absolute Gasteiger partial charge is 0.212 e. The molecule has 0 N–H and O–H groups in total. The van der Waals surface area contributed by atoms with Gasteiger partial charge in [-0.3, -0.25) is 0 Å². The first-order chi connectivity index (χ1) is 5.85. The molecule has 1 rings (SSSR count). The van der Waals surface area contributed by atoms with Gasteiger partial charge in [0, 0.05) is 12.6 Å². The maximum absolute atomic E-state index is 11.8. The molecule has 78 valence electrons. The van der Waals surface area contributed by atoms with Gasteiger partial charge in [0.15, 0.2) is 0 Å². The van der Waals surface area contributed by atoms with Crippen LogP contribution in [0.15, 0.2) is 0 Å². The Morgan fingerprint density at radius 2 is 1.85 bits per heavy atom. The Morgan fingerprint density at radius 3 is 2.15 bits per heavy atom. The number of hydrogen-bond donors (Lipinski definition) is 0. The van der Waals surface area contributed by atoms with E-state index < -0.39 is 10.0 Å². The lowest BCUT2D eigenvalue weighted by Crippen LogP contribution is -2.38. The van der Waals surface area contributed by atoms with Crippen molar-refractivity contribution in [2.75, 3.05) is 6.54 Å². The summed E-state index contributed by atoms with van der Waals surface area (Å²) in [6.45, 7) is 8.27. The van der Waals surface area contributed by atoms with Gasteiger partial charge in [0.25, 0.3) is 0 Å². The third-order valence-electron chi connectivity index (χ3n) is 2.65. The van der Waals surface area contributed by atoms with Crippen LogP contribution in [0.25, 0.3) is 0 Å². The highest BCUT2D eigenvalue weighted by Gasteiger charge is 2.36. The minimum Gasteiger partial charge on any atom is -0.212 e. The molecular formula is C9H19NO2S. The van der Waals surface area contributed by atoms with Crippen LogP contribution in [0, 0.1) is 5.92 Å². The second-order valence-corrected chi connectivity index (χ2v) is 6.80. The van der Waals surface area contributed by atoms with Crippen LogP contribution >= 0.6 is 0 Å². The normalized spacial score (nSPS) is 31.5. The van der Waals surface area contributed by atoms with E-state index in [1.54, 1.807) is 18.2 Å². The van der Waals surface area contributed by atoms with E-state index in [0.717, 1.165) is 6.42 Å². The molecule has 2 atom stereocenters. The van der Waals surface area contributed by atoms with Crippen LogP contribution in [0.4, 0.5) is 0 Å². The summed E-state index contributed by atoms with van der Waals surface area (Å²) in [5, 5.41) is -0.291. The predicted octanol–water partition coefficient (Wildman–Crippen LogP) is 1.45. The predicted molar refractivity (Wildman–Crippen MR) is 54.0 cm³/mol. The molecule has 0 radical (unpaired) electrons. The Morgan fingerprint density at radius 1 is 1.31 bits per heavy atom. The summed E-state index contributed by atoms with van der Waals surface area (Å²) in [6.07, 6.45) is 0.992. The van der Waals surface area contributed by atoms with Gasteiger partial charge in [0.05, 0.1) is 5.25 Å². The second kappa shape index (κ2) is 3.58. The number of rotatable bonds is 2. The van der Waals surface area contributed by atoms with Crippen molar-refractivity contribution >= 4 is 10.0 Å². The Labute approximate surface area is 81.2 Å². The number of hydrogen-bond acceptors (Lipinski definition) is 2. The molecule has 1 aliphatic rings. The summed E-state index contributed by atoms with van der Waals surface area (Å²) in [4.78, 5) is 0. The lowest BCUT2D eigenvalue weighted by atomic mass is 10.1. The van der Waals surface area contributed by atoms with E-state index in [1.807, 2.05) is 6.92 Å². The van der Waals surface area contributed by atoms with Gasteiger partial charge in [-0.15, -0.1) is 0 Å². The molecule has 1 heterocycles. The lowest BCUT2D eigenvalue weighted by molar-refractivity contribution is 0.400. The van der Waals surface area contributed by atoms with E-state index in [9.17, 15) is 8.42 Å². The molecule has 4 heteroatoms. The highest BCUT2D eigenvalue weighted by molar-refractivity contribution is 7.89. The fourth-order valence-electron chi connectivity index (χ4n) is 1.89. The molecule has 1 aliphatic heterocycles. The van der Waals surface area contributed by atoms with Crippen LogP contribution in [-0.2, 0) is 10.0 Å². The topological polar surface area (TPSA) is 37.4 Å². The molecule has 2 unspecified atom stereocenters. The average molecular weight is 205 g/mol. The van der Waals surface area contributed by atoms with Gasteiger partial charge in [-0.1, -0.05) is 6.92 Å². The molecule has 3 nitrogen and oxygen atoms in total. The van der Waals surface area contributed by atoms with Gasteiger partial charge in [-0.25, -0.2) is 8.42 Å². The summed E-state index contributed by atoms with van der Waals surface area (Å²) >= 11 is 0. The summed E-state index contributed by atoms with van der Waals surface area (Å²) < 4.78 is 25.3. The molecule has 0 saturated carbocycles. The largest absolute Gasteiger partial charge is 0.216 e. The minimum absolute atomic E-state index is 0.183. The maximum atomic E-state index is 11.8. The zero-order chi connectivity index (χ0) is 10.2. The minimum atomic E-state index is -3.03. The molecular weight excluding hydrogens is 186 g/mol. The van der Waals surface area contributed by atoms with Crippen molar-refractivity contribution in [1.29, 1.82) is 0 Å². The summed E-state index contributed by atoms with van der Waals surface area (Å²) in [7, 11) is -3.03. The summed E-state index contributed by atoms with van der Waals surface area (Å²) in [6, 6.07) is 0.183. The molecule has 0 aromatic rings. The molecule has 0 spiro atoms. The van der Waals surface area contributed by atoms with Gasteiger partial charge in [0.2, 0.25) is 10.0 Å². The fraction of sp³-hybridized carbons (Fsp3) is 1.00. The molecule has 1 saturated heterocycles. The van der Waals surface area contributed by atoms with Gasteiger partial charge in [-0.2, -0.15) is 4.31 Å². The molecule has 0 amide bonds. The van der Waals surface area contributed by atoms with Crippen molar-refractivity contribution in [3.05, 3.63) is 0 Å². The zero-order valence-electron chi connectivity index (χ0n) is 8.82. The van der Waals surface area contributed by atoms with E-state index in [0.29, 0.717) is 12.5 Å². The summed E-state index contributed by atoms with van der Waals surface area (Å²) in [5.74, 6) is 0.503. The van der Waals surface area contributed by atoms with E-state index in [2.05, 4.69) is 6.92 Å². The maximum Gasteiger partial charge on any atom is 0.216 e.